The van der Waals surface area contributed by atoms with Gasteiger partial charge in [0.15, 0.2) is 0 Å². The van der Waals surface area contributed by atoms with Crippen LogP contribution in [0.5, 0.6) is 0 Å². The maximum Gasteiger partial charge on any atom is 1.00 e. The Morgan fingerprint density at radius 2 is 1.80 bits per heavy atom. The molecule has 0 amide bonds. The van der Waals surface area contributed by atoms with Crippen molar-refractivity contribution >= 4 is 14.0 Å². The molecule has 1 aromatic rings. The molecule has 0 spiro atoms. The van der Waals surface area contributed by atoms with E-state index < -0.39 is 8.24 Å². The summed E-state index contributed by atoms with van der Waals surface area (Å²) in [7, 11) is 0.0525. The van der Waals surface area contributed by atoms with E-state index in [-0.39, 0.29) is 24.4 Å². The molecule has 1 aromatic carbocycles. The zero-order valence-corrected chi connectivity index (χ0v) is 14.8. The topological polar surface area (TPSA) is 21.3 Å². The molecule has 2 rings (SSSR count). The van der Waals surface area contributed by atoms with E-state index in [0.717, 1.165) is 5.76 Å². The predicted octanol–water partition coefficient (Wildman–Crippen LogP) is 0.711. The maximum atomic E-state index is 5.49. The minimum absolute atomic E-state index is 0. The Morgan fingerprint density at radius 1 is 1.20 bits per heavy atom. The Hall–Kier alpha value is -0.466. The molecule has 1 aliphatic carbocycles. The second-order valence-corrected chi connectivity index (χ2v) is 11.1. The Kier molecular flexibility index (Phi) is 5.37. The largest absolute Gasteiger partial charge is 1.00 e. The Morgan fingerprint density at radius 3 is 2.35 bits per heavy atom. The first-order chi connectivity index (χ1) is 8.74. The first-order valence-electron chi connectivity index (χ1n) is 6.81. The van der Waals surface area contributed by atoms with Crippen LogP contribution in [0.3, 0.4) is 0 Å². The first-order valence-corrected chi connectivity index (χ1v) is 9.88. The van der Waals surface area contributed by atoms with Gasteiger partial charge in [0.25, 0.3) is 0 Å². The summed E-state index contributed by atoms with van der Waals surface area (Å²) >= 11 is 0. The van der Waals surface area contributed by atoms with Crippen molar-refractivity contribution in [1.29, 1.82) is 0 Å². The Bertz CT molecular complexity index is 505. The monoisotopic (exact) mass is 281 g/mol. The molecule has 0 aliphatic heterocycles. The number of hydrogen-bond acceptors (Lipinski definition) is 2. The molecule has 20 heavy (non-hydrogen) atoms. The van der Waals surface area contributed by atoms with Crippen molar-refractivity contribution in [2.45, 2.75) is 44.9 Å². The second kappa shape index (κ2) is 6.11. The molecule has 1 aliphatic rings. The maximum absolute atomic E-state index is 5.49. The van der Waals surface area contributed by atoms with Crippen molar-refractivity contribution in [2.75, 3.05) is 7.11 Å². The quantitative estimate of drug-likeness (QED) is 0.651. The summed E-state index contributed by atoms with van der Waals surface area (Å²) in [6, 6.07) is 8.50. The van der Waals surface area contributed by atoms with Crippen molar-refractivity contribution in [2.24, 2.45) is 0 Å². The fourth-order valence-corrected chi connectivity index (χ4v) is 6.62. The van der Waals surface area contributed by atoms with Crippen LogP contribution in [0.25, 0.3) is 5.76 Å². The molecule has 1 atom stereocenters. The molecule has 1 N–H and O–H groups in total. The van der Waals surface area contributed by atoms with E-state index in [1.165, 1.54) is 11.1 Å². The number of fused-ring (bicyclic) bond motifs is 1. The van der Waals surface area contributed by atoms with Crippen molar-refractivity contribution in [3.05, 3.63) is 41.5 Å². The second-order valence-electron chi connectivity index (χ2n) is 6.79. The summed E-state index contributed by atoms with van der Waals surface area (Å²) < 4.78 is 5.49. The Balaban J connectivity index is 0.00000200. The van der Waals surface area contributed by atoms with Crippen LogP contribution >= 0.6 is 0 Å². The molecule has 0 saturated carbocycles. The van der Waals surface area contributed by atoms with E-state index in [2.05, 4.69) is 69.2 Å². The SMILES string of the molecule is COC1=[C-]C([Si](C)(C)NC(C)(C)C)c2ccccc21.[Li+]. The van der Waals surface area contributed by atoms with Gasteiger partial charge in [0, 0.05) is 5.54 Å². The van der Waals surface area contributed by atoms with Gasteiger partial charge in [-0.05, 0) is 26.5 Å². The molecule has 0 bridgehead atoms. The standard InChI is InChI=1S/C16H24NOSi.Li/c1-16(2,3)17-19(5,6)15-11-14(18-4)12-9-7-8-10-13(12)15;/h7-10,15,17H,1-6H3;/q-1;+1. The molecule has 4 heteroatoms. The molecular formula is C16H24LiNOSi. The van der Waals surface area contributed by atoms with E-state index >= 15 is 0 Å². The van der Waals surface area contributed by atoms with Gasteiger partial charge in [0.2, 0.25) is 0 Å². The number of nitrogens with one attached hydrogen (secondary N) is 1. The summed E-state index contributed by atoms with van der Waals surface area (Å²) in [5, 5.41) is 0. The van der Waals surface area contributed by atoms with Crippen molar-refractivity contribution in [3.63, 3.8) is 0 Å². The van der Waals surface area contributed by atoms with Gasteiger partial charge in [-0.15, -0.1) is 17.2 Å². The first kappa shape index (κ1) is 17.6. The van der Waals surface area contributed by atoms with Crippen molar-refractivity contribution in [3.8, 4) is 0 Å². The van der Waals surface area contributed by atoms with E-state index in [9.17, 15) is 0 Å². The fourth-order valence-electron chi connectivity index (χ4n) is 3.02. The van der Waals surface area contributed by atoms with Gasteiger partial charge in [-0.2, -0.15) is 0 Å². The van der Waals surface area contributed by atoms with Gasteiger partial charge in [0.05, 0.1) is 7.11 Å². The predicted molar refractivity (Wildman–Crippen MR) is 83.2 cm³/mol. The summed E-state index contributed by atoms with van der Waals surface area (Å²) in [6.45, 7) is 11.4. The van der Waals surface area contributed by atoms with Crippen LogP contribution in [0, 0.1) is 6.08 Å². The summed E-state index contributed by atoms with van der Waals surface area (Å²) in [4.78, 5) is 3.83. The molecular weight excluding hydrogens is 257 g/mol. The molecule has 0 radical (unpaired) electrons. The summed E-state index contributed by atoms with van der Waals surface area (Å²) in [6.07, 6.45) is 3.56. The van der Waals surface area contributed by atoms with Gasteiger partial charge in [0.1, 0.15) is 8.24 Å². The van der Waals surface area contributed by atoms with Gasteiger partial charge in [-0.3, -0.25) is 0 Å². The zero-order valence-electron chi connectivity index (χ0n) is 13.8. The normalized spacial score (nSPS) is 18.1. The third kappa shape index (κ3) is 3.59. The van der Waals surface area contributed by atoms with E-state index in [1.807, 2.05) is 0 Å². The smallest absolute Gasteiger partial charge is 0.534 e. The van der Waals surface area contributed by atoms with Crippen LogP contribution in [0.2, 0.25) is 13.1 Å². The van der Waals surface area contributed by atoms with Gasteiger partial charge in [-0.1, -0.05) is 36.8 Å². The molecule has 0 fully saturated rings. The van der Waals surface area contributed by atoms with Gasteiger partial charge >= 0.3 is 18.9 Å². The number of hydrogen-bond donors (Lipinski definition) is 1. The average molecular weight is 281 g/mol. The third-order valence-corrected chi connectivity index (χ3v) is 6.71. The number of methoxy groups -OCH3 is 1. The van der Waals surface area contributed by atoms with Gasteiger partial charge < -0.3 is 9.72 Å². The number of benzene rings is 1. The molecule has 0 aromatic heterocycles. The van der Waals surface area contributed by atoms with Crippen LogP contribution in [0.1, 0.15) is 37.4 Å². The Labute approximate surface area is 136 Å². The number of allylic oxidation sites excluding steroid dienone is 1. The summed E-state index contributed by atoms with van der Waals surface area (Å²) in [5.74, 6) is 0.900. The number of rotatable bonds is 3. The van der Waals surface area contributed by atoms with E-state index in [4.69, 9.17) is 4.74 Å². The average Bonchev–Trinajstić information content (AvgIpc) is 2.65. The van der Waals surface area contributed by atoms with Crippen molar-refractivity contribution < 1.29 is 23.6 Å². The fraction of sp³-hybridized carbons (Fsp3) is 0.500. The third-order valence-electron chi connectivity index (χ3n) is 3.41. The van der Waals surface area contributed by atoms with Crippen LogP contribution in [-0.2, 0) is 4.74 Å². The van der Waals surface area contributed by atoms with Crippen molar-refractivity contribution in [1.82, 2.24) is 4.98 Å². The van der Waals surface area contributed by atoms with Crippen LogP contribution in [-0.4, -0.2) is 20.9 Å². The van der Waals surface area contributed by atoms with E-state index in [1.54, 1.807) is 7.11 Å². The van der Waals surface area contributed by atoms with Crippen LogP contribution in [0.15, 0.2) is 24.3 Å². The van der Waals surface area contributed by atoms with Crippen LogP contribution in [0.4, 0.5) is 0 Å². The minimum atomic E-state index is -1.68. The zero-order chi connectivity index (χ0) is 14.3. The molecule has 0 saturated heterocycles. The number of ether oxygens (including phenoxy) is 1. The van der Waals surface area contributed by atoms with E-state index in [0.29, 0.717) is 5.54 Å². The molecule has 2 nitrogen and oxygen atoms in total. The molecule has 0 heterocycles. The summed E-state index contributed by atoms with van der Waals surface area (Å²) in [5.41, 5.74) is 3.03. The van der Waals surface area contributed by atoms with Crippen LogP contribution < -0.4 is 23.8 Å². The molecule has 1 unspecified atom stereocenters. The molecule has 104 valence electrons. The van der Waals surface area contributed by atoms with Gasteiger partial charge in [-0.25, -0.2) is 6.08 Å². The minimum Gasteiger partial charge on any atom is -0.534 e.